The highest BCUT2D eigenvalue weighted by Gasteiger charge is 2.20. The van der Waals surface area contributed by atoms with Crippen LogP contribution in [0, 0.1) is 11.7 Å². The Kier molecular flexibility index (Phi) is 4.81. The fourth-order valence-electron chi connectivity index (χ4n) is 2.67. The second-order valence-corrected chi connectivity index (χ2v) is 5.95. The Hall–Kier alpha value is -1.09. The second kappa shape index (κ2) is 6.38. The number of halogens is 1. The van der Waals surface area contributed by atoms with Crippen LogP contribution in [-0.2, 0) is 6.42 Å². The molecule has 0 spiro atoms. The van der Waals surface area contributed by atoms with Crippen LogP contribution in [0.15, 0.2) is 18.2 Å². The molecule has 0 heterocycles. The van der Waals surface area contributed by atoms with Crippen molar-refractivity contribution in [2.24, 2.45) is 11.7 Å². The van der Waals surface area contributed by atoms with E-state index in [-0.39, 0.29) is 18.0 Å². The highest BCUT2D eigenvalue weighted by atomic mass is 19.1. The molecule has 19 heavy (non-hydrogen) atoms. The van der Waals surface area contributed by atoms with Gasteiger partial charge in [-0.05, 0) is 62.6 Å². The molecule has 0 aliphatic heterocycles. The Labute approximate surface area is 115 Å². The maximum absolute atomic E-state index is 14.0. The molecule has 1 unspecified atom stereocenters. The van der Waals surface area contributed by atoms with Gasteiger partial charge in [-0.1, -0.05) is 13.0 Å². The number of hydrogen-bond acceptors (Lipinski definition) is 2. The first-order valence-corrected chi connectivity index (χ1v) is 7.25. The lowest BCUT2D eigenvalue weighted by Gasteiger charge is -2.27. The molecule has 2 rings (SSSR count). The van der Waals surface area contributed by atoms with Crippen molar-refractivity contribution in [2.75, 3.05) is 0 Å². The largest absolute Gasteiger partial charge is 0.487 e. The van der Waals surface area contributed by atoms with Crippen LogP contribution < -0.4 is 10.5 Å². The van der Waals surface area contributed by atoms with Crippen molar-refractivity contribution in [1.82, 2.24) is 0 Å². The van der Waals surface area contributed by atoms with Crippen LogP contribution in [0.3, 0.4) is 0 Å². The summed E-state index contributed by atoms with van der Waals surface area (Å²) in [5.41, 5.74) is 6.65. The molecule has 0 aromatic heterocycles. The molecule has 1 aliphatic carbocycles. The summed E-state index contributed by atoms with van der Waals surface area (Å²) >= 11 is 0. The average molecular weight is 265 g/mol. The third kappa shape index (κ3) is 4.20. The lowest BCUT2D eigenvalue weighted by Crippen LogP contribution is -2.23. The van der Waals surface area contributed by atoms with E-state index < -0.39 is 0 Å². The number of nitrogens with two attached hydrogens (primary N) is 1. The standard InChI is InChI=1S/C16H24FNO/c1-11-3-6-14(7-4-11)19-16-8-5-13(9-12(2)18)10-15(16)17/h5,8,10-12,14H,3-4,6-7,9,18H2,1-2H3. The number of benzene rings is 1. The first kappa shape index (κ1) is 14.3. The van der Waals surface area contributed by atoms with E-state index in [1.165, 1.54) is 12.8 Å². The zero-order valence-corrected chi connectivity index (χ0v) is 11.9. The van der Waals surface area contributed by atoms with Gasteiger partial charge in [0.15, 0.2) is 11.6 Å². The van der Waals surface area contributed by atoms with E-state index in [0.717, 1.165) is 24.3 Å². The molecule has 0 saturated heterocycles. The van der Waals surface area contributed by atoms with Crippen LogP contribution in [-0.4, -0.2) is 12.1 Å². The van der Waals surface area contributed by atoms with Gasteiger partial charge in [-0.2, -0.15) is 0 Å². The summed E-state index contributed by atoms with van der Waals surface area (Å²) in [5.74, 6) is 0.892. The van der Waals surface area contributed by atoms with E-state index in [1.54, 1.807) is 12.1 Å². The molecule has 0 bridgehead atoms. The summed E-state index contributed by atoms with van der Waals surface area (Å²) in [7, 11) is 0. The lowest BCUT2D eigenvalue weighted by atomic mass is 9.89. The third-order valence-electron chi connectivity index (χ3n) is 3.81. The molecule has 2 N–H and O–H groups in total. The van der Waals surface area contributed by atoms with E-state index in [0.29, 0.717) is 12.2 Å². The smallest absolute Gasteiger partial charge is 0.165 e. The topological polar surface area (TPSA) is 35.2 Å². The van der Waals surface area contributed by atoms with Crippen LogP contribution in [0.5, 0.6) is 5.75 Å². The van der Waals surface area contributed by atoms with Crippen molar-refractivity contribution < 1.29 is 9.13 Å². The Balaban J connectivity index is 1.97. The molecule has 106 valence electrons. The SMILES string of the molecule is CC(N)Cc1ccc(OC2CCC(C)CC2)c(F)c1. The van der Waals surface area contributed by atoms with Gasteiger partial charge in [-0.3, -0.25) is 0 Å². The van der Waals surface area contributed by atoms with Gasteiger partial charge in [0.05, 0.1) is 6.10 Å². The fourth-order valence-corrected chi connectivity index (χ4v) is 2.67. The van der Waals surface area contributed by atoms with Gasteiger partial charge in [-0.15, -0.1) is 0 Å². The molecular formula is C16H24FNO. The first-order valence-electron chi connectivity index (χ1n) is 7.25. The van der Waals surface area contributed by atoms with Gasteiger partial charge < -0.3 is 10.5 Å². The van der Waals surface area contributed by atoms with Gasteiger partial charge in [0.25, 0.3) is 0 Å². The third-order valence-corrected chi connectivity index (χ3v) is 3.81. The van der Waals surface area contributed by atoms with E-state index in [1.807, 2.05) is 13.0 Å². The van der Waals surface area contributed by atoms with Crippen molar-refractivity contribution >= 4 is 0 Å². The van der Waals surface area contributed by atoms with Crippen LogP contribution in [0.1, 0.15) is 45.1 Å². The predicted octanol–water partition coefficient (Wildman–Crippen LogP) is 3.67. The van der Waals surface area contributed by atoms with Crippen molar-refractivity contribution in [3.05, 3.63) is 29.6 Å². The second-order valence-electron chi connectivity index (χ2n) is 5.95. The van der Waals surface area contributed by atoms with Crippen LogP contribution in [0.2, 0.25) is 0 Å². The van der Waals surface area contributed by atoms with Gasteiger partial charge in [-0.25, -0.2) is 4.39 Å². The molecule has 1 atom stereocenters. The van der Waals surface area contributed by atoms with E-state index in [4.69, 9.17) is 10.5 Å². The highest BCUT2D eigenvalue weighted by molar-refractivity contribution is 5.30. The Bertz CT molecular complexity index is 411. The summed E-state index contributed by atoms with van der Waals surface area (Å²) in [6, 6.07) is 5.24. The number of rotatable bonds is 4. The van der Waals surface area contributed by atoms with Gasteiger partial charge in [0, 0.05) is 6.04 Å². The van der Waals surface area contributed by atoms with Crippen molar-refractivity contribution in [3.8, 4) is 5.75 Å². The summed E-state index contributed by atoms with van der Waals surface area (Å²) in [6.45, 7) is 4.19. The van der Waals surface area contributed by atoms with Crippen LogP contribution in [0.4, 0.5) is 4.39 Å². The molecule has 3 heteroatoms. The summed E-state index contributed by atoms with van der Waals surface area (Å²) in [6.07, 6.45) is 5.28. The van der Waals surface area contributed by atoms with Crippen LogP contribution in [0.25, 0.3) is 0 Å². The van der Waals surface area contributed by atoms with Gasteiger partial charge in [0.2, 0.25) is 0 Å². The lowest BCUT2D eigenvalue weighted by molar-refractivity contribution is 0.130. The van der Waals surface area contributed by atoms with E-state index in [9.17, 15) is 4.39 Å². The number of ether oxygens (including phenoxy) is 1. The maximum atomic E-state index is 14.0. The summed E-state index contributed by atoms with van der Waals surface area (Å²) in [4.78, 5) is 0. The highest BCUT2D eigenvalue weighted by Crippen LogP contribution is 2.28. The van der Waals surface area contributed by atoms with Gasteiger partial charge in [0.1, 0.15) is 0 Å². The fraction of sp³-hybridized carbons (Fsp3) is 0.625. The Morgan fingerprint density at radius 3 is 2.58 bits per heavy atom. The van der Waals surface area contributed by atoms with Crippen molar-refractivity contribution in [2.45, 2.75) is 58.1 Å². The molecule has 1 saturated carbocycles. The van der Waals surface area contributed by atoms with E-state index >= 15 is 0 Å². The molecule has 0 radical (unpaired) electrons. The van der Waals surface area contributed by atoms with Crippen molar-refractivity contribution in [3.63, 3.8) is 0 Å². The van der Waals surface area contributed by atoms with Gasteiger partial charge >= 0.3 is 0 Å². The zero-order chi connectivity index (χ0) is 13.8. The van der Waals surface area contributed by atoms with E-state index in [2.05, 4.69) is 6.92 Å². The molecular weight excluding hydrogens is 241 g/mol. The first-order chi connectivity index (χ1) is 9.04. The molecule has 1 fully saturated rings. The minimum Gasteiger partial charge on any atom is -0.487 e. The minimum absolute atomic E-state index is 0.0472. The van der Waals surface area contributed by atoms with Crippen molar-refractivity contribution in [1.29, 1.82) is 0 Å². The normalized spacial score (nSPS) is 25.1. The zero-order valence-electron chi connectivity index (χ0n) is 11.9. The quantitative estimate of drug-likeness (QED) is 0.901. The molecule has 1 aromatic rings. The molecule has 1 aromatic carbocycles. The maximum Gasteiger partial charge on any atom is 0.165 e. The summed E-state index contributed by atoms with van der Waals surface area (Å²) in [5, 5.41) is 0. The number of hydrogen-bond donors (Lipinski definition) is 1. The average Bonchev–Trinajstić information content (AvgIpc) is 2.34. The molecule has 0 amide bonds. The Morgan fingerprint density at radius 2 is 2.00 bits per heavy atom. The van der Waals surface area contributed by atoms with Crippen LogP contribution >= 0.6 is 0 Å². The Morgan fingerprint density at radius 1 is 1.32 bits per heavy atom. The molecule has 2 nitrogen and oxygen atoms in total. The summed E-state index contributed by atoms with van der Waals surface area (Å²) < 4.78 is 19.8. The predicted molar refractivity (Wildman–Crippen MR) is 75.8 cm³/mol. The molecule has 1 aliphatic rings. The minimum atomic E-state index is -0.267. The monoisotopic (exact) mass is 265 g/mol.